The van der Waals surface area contributed by atoms with Crippen molar-refractivity contribution >= 4 is 45.9 Å². The van der Waals surface area contributed by atoms with Gasteiger partial charge in [-0.05, 0) is 72.9 Å². The van der Waals surface area contributed by atoms with Gasteiger partial charge in [0.1, 0.15) is 34.9 Å². The molecule has 4 aromatic heterocycles. The number of aromatic amines is 2. The largest absolute Gasteiger partial charge is 0.464 e. The zero-order valence-electron chi connectivity index (χ0n) is 34.5. The van der Waals surface area contributed by atoms with Crippen molar-refractivity contribution in [3.63, 3.8) is 0 Å². The summed E-state index contributed by atoms with van der Waals surface area (Å²) in [5.41, 5.74) is 6.43. The number of fused-ring (bicyclic) bond motifs is 2. The SMILES string of the molecule is COC(=O)N[C@H](C(=O)N1CCC[C@H]1c1ncc(-c2ccc(-c3ccc(-c4cnc([C@@H]5CCCN5C(=O)[C@@H](NC(=O)OC)C(C)C)[nH]4)c4occc34)c3ccoc23)[nH]1)C(C)C. The first-order chi connectivity index (χ1) is 29.0. The summed E-state index contributed by atoms with van der Waals surface area (Å²) in [6, 6.07) is 10.0. The molecule has 0 bridgehead atoms. The molecule has 60 heavy (non-hydrogen) atoms. The molecule has 0 saturated carbocycles. The number of H-pyrrole nitrogens is 2. The molecule has 6 heterocycles. The van der Waals surface area contributed by atoms with Crippen LogP contribution < -0.4 is 10.6 Å². The summed E-state index contributed by atoms with van der Waals surface area (Å²) in [4.78, 5) is 71.5. The number of alkyl carbamates (subject to hydrolysis) is 2. The molecule has 16 heteroatoms. The average Bonchev–Trinajstić information content (AvgIpc) is 4.10. The van der Waals surface area contributed by atoms with Crippen molar-refractivity contribution in [3.8, 4) is 33.6 Å². The van der Waals surface area contributed by atoms with E-state index in [0.29, 0.717) is 35.9 Å². The molecule has 16 nitrogen and oxygen atoms in total. The average molecular weight is 819 g/mol. The van der Waals surface area contributed by atoms with Gasteiger partial charge in [0.05, 0.1) is 62.6 Å². The molecule has 4 N–H and O–H groups in total. The molecule has 0 unspecified atom stereocenters. The third-order valence-corrected chi connectivity index (χ3v) is 11.8. The Bertz CT molecular complexity index is 2370. The predicted octanol–water partition coefficient (Wildman–Crippen LogP) is 7.71. The van der Waals surface area contributed by atoms with E-state index in [4.69, 9.17) is 28.3 Å². The smallest absolute Gasteiger partial charge is 0.407 e. The Balaban J connectivity index is 1.05. The fourth-order valence-corrected chi connectivity index (χ4v) is 8.69. The molecule has 314 valence electrons. The molecule has 0 radical (unpaired) electrons. The summed E-state index contributed by atoms with van der Waals surface area (Å²) in [6.07, 6.45) is 8.69. The third-order valence-electron chi connectivity index (χ3n) is 11.8. The van der Waals surface area contributed by atoms with E-state index in [2.05, 4.69) is 32.7 Å². The Hall–Kier alpha value is -6.58. The summed E-state index contributed by atoms with van der Waals surface area (Å²) in [5, 5.41) is 7.21. The molecule has 2 aromatic carbocycles. The molecule has 4 atom stereocenters. The number of hydrogen-bond acceptors (Lipinski definition) is 10. The van der Waals surface area contributed by atoms with Gasteiger partial charge in [0.2, 0.25) is 11.8 Å². The molecule has 8 rings (SSSR count). The number of amides is 4. The summed E-state index contributed by atoms with van der Waals surface area (Å²) in [6.45, 7) is 8.68. The molecule has 0 aliphatic carbocycles. The number of carbonyl (C=O) groups excluding carboxylic acids is 4. The number of carbonyl (C=O) groups is 4. The van der Waals surface area contributed by atoms with Crippen LogP contribution in [0.1, 0.15) is 77.1 Å². The highest BCUT2D eigenvalue weighted by atomic mass is 16.5. The van der Waals surface area contributed by atoms with Crippen LogP contribution in [0.5, 0.6) is 0 Å². The van der Waals surface area contributed by atoms with Crippen molar-refractivity contribution in [1.29, 1.82) is 0 Å². The number of aromatic nitrogens is 4. The Labute approximate surface area is 346 Å². The second kappa shape index (κ2) is 16.6. The quantitative estimate of drug-likeness (QED) is 0.100. The standard InChI is InChI=1S/C44H50N8O8/c1-23(2)35(49-43(55)57-5)41(53)51-17-7-9-33(51)39-45-21-31(47-39)29-13-11-25(27-15-19-59-37(27)29)26-12-14-30(38-28(26)16-20-60-38)32-22-46-40(48-32)34-10-8-18-52(34)42(54)36(24(3)4)50-44(56)58-6/h11-16,19-24,33-36H,7-10,17-18H2,1-6H3,(H,45,47)(H,46,48)(H,49,55)(H,50,56)/t33-,34-,35-,36-/m0/s1. The van der Waals surface area contributed by atoms with Gasteiger partial charge in [0.25, 0.3) is 0 Å². The molecule has 2 saturated heterocycles. The lowest BCUT2D eigenvalue weighted by molar-refractivity contribution is -0.136. The molecule has 6 aromatic rings. The Morgan fingerprint density at radius 2 is 1.05 bits per heavy atom. The molecular weight excluding hydrogens is 769 g/mol. The topological polar surface area (TPSA) is 201 Å². The van der Waals surface area contributed by atoms with Crippen LogP contribution in [-0.4, -0.2) is 93.1 Å². The molecule has 0 spiro atoms. The first-order valence-corrected chi connectivity index (χ1v) is 20.4. The van der Waals surface area contributed by atoms with E-state index in [1.807, 2.05) is 52.0 Å². The maximum atomic E-state index is 13.7. The van der Waals surface area contributed by atoms with E-state index < -0.39 is 24.3 Å². The molecule has 2 fully saturated rings. The van der Waals surface area contributed by atoms with E-state index in [-0.39, 0.29) is 35.7 Å². The summed E-state index contributed by atoms with van der Waals surface area (Å²) in [5.74, 6) is 0.723. The second-order valence-corrected chi connectivity index (χ2v) is 16.1. The van der Waals surface area contributed by atoms with Crippen molar-refractivity contribution in [3.05, 3.63) is 73.0 Å². The minimum atomic E-state index is -0.725. The van der Waals surface area contributed by atoms with Gasteiger partial charge in [-0.1, -0.05) is 39.8 Å². The van der Waals surface area contributed by atoms with E-state index in [9.17, 15) is 19.2 Å². The summed E-state index contributed by atoms with van der Waals surface area (Å²) in [7, 11) is 2.56. The molecule has 4 amide bonds. The van der Waals surface area contributed by atoms with Crippen LogP contribution in [0.15, 0.2) is 70.2 Å². The van der Waals surface area contributed by atoms with Gasteiger partial charge in [0.15, 0.2) is 0 Å². The minimum Gasteiger partial charge on any atom is -0.464 e. The monoisotopic (exact) mass is 818 g/mol. The maximum Gasteiger partial charge on any atom is 0.407 e. The number of methoxy groups -OCH3 is 2. The van der Waals surface area contributed by atoms with Crippen molar-refractivity contribution < 1.29 is 37.5 Å². The Kier molecular flexibility index (Phi) is 11.1. The van der Waals surface area contributed by atoms with Gasteiger partial charge in [-0.2, -0.15) is 0 Å². The Morgan fingerprint density at radius 3 is 1.43 bits per heavy atom. The third kappa shape index (κ3) is 7.34. The van der Waals surface area contributed by atoms with Gasteiger partial charge in [-0.25, -0.2) is 19.6 Å². The number of imidazole rings is 2. The number of likely N-dealkylation sites (tertiary alicyclic amines) is 2. The van der Waals surface area contributed by atoms with Gasteiger partial charge in [-0.3, -0.25) is 9.59 Å². The van der Waals surface area contributed by atoms with Crippen LogP contribution in [0.25, 0.3) is 55.6 Å². The van der Waals surface area contributed by atoms with Gasteiger partial charge < -0.3 is 48.7 Å². The molecule has 2 aliphatic rings. The van der Waals surface area contributed by atoms with Crippen LogP contribution in [0.4, 0.5) is 9.59 Å². The van der Waals surface area contributed by atoms with Crippen molar-refractivity contribution in [2.45, 2.75) is 77.5 Å². The lowest BCUT2D eigenvalue weighted by atomic mass is 9.94. The lowest BCUT2D eigenvalue weighted by Gasteiger charge is -2.30. The normalized spacial score (nSPS) is 17.8. The number of benzene rings is 2. The Morgan fingerprint density at radius 1 is 0.650 bits per heavy atom. The summed E-state index contributed by atoms with van der Waals surface area (Å²) < 4.78 is 21.8. The van der Waals surface area contributed by atoms with Gasteiger partial charge in [-0.15, -0.1) is 0 Å². The van der Waals surface area contributed by atoms with Crippen LogP contribution in [0, 0.1) is 11.8 Å². The number of rotatable bonds is 11. The fraction of sp³-hybridized carbons (Fsp3) is 0.409. The predicted molar refractivity (Wildman–Crippen MR) is 222 cm³/mol. The summed E-state index contributed by atoms with van der Waals surface area (Å²) >= 11 is 0. The van der Waals surface area contributed by atoms with Crippen molar-refractivity contribution in [1.82, 2.24) is 40.4 Å². The van der Waals surface area contributed by atoms with Crippen LogP contribution in [-0.2, 0) is 19.1 Å². The fourth-order valence-electron chi connectivity index (χ4n) is 8.69. The van der Waals surface area contributed by atoms with E-state index in [1.54, 1.807) is 34.7 Å². The highest BCUT2D eigenvalue weighted by Gasteiger charge is 2.39. The molecule has 2 aliphatic heterocycles. The number of furan rings is 2. The number of nitrogens with one attached hydrogen (secondary N) is 4. The van der Waals surface area contributed by atoms with Crippen molar-refractivity contribution in [2.75, 3.05) is 27.3 Å². The van der Waals surface area contributed by atoms with Crippen LogP contribution >= 0.6 is 0 Å². The lowest BCUT2D eigenvalue weighted by Crippen LogP contribution is -2.51. The zero-order valence-corrected chi connectivity index (χ0v) is 34.5. The maximum absolute atomic E-state index is 13.7. The van der Waals surface area contributed by atoms with Crippen LogP contribution in [0.2, 0.25) is 0 Å². The van der Waals surface area contributed by atoms with E-state index >= 15 is 0 Å². The first-order valence-electron chi connectivity index (χ1n) is 20.4. The molecular formula is C44H50N8O8. The minimum absolute atomic E-state index is 0.136. The first kappa shape index (κ1) is 40.2. The second-order valence-electron chi connectivity index (χ2n) is 16.1. The zero-order chi connectivity index (χ0) is 42.2. The number of nitrogens with zero attached hydrogens (tertiary/aromatic N) is 4. The van der Waals surface area contributed by atoms with E-state index in [1.165, 1.54) is 14.2 Å². The van der Waals surface area contributed by atoms with Crippen molar-refractivity contribution in [2.24, 2.45) is 11.8 Å². The number of ether oxygens (including phenoxy) is 2. The van der Waals surface area contributed by atoms with Crippen LogP contribution in [0.3, 0.4) is 0 Å². The van der Waals surface area contributed by atoms with Gasteiger partial charge in [0, 0.05) is 35.0 Å². The highest BCUT2D eigenvalue weighted by Crippen LogP contribution is 2.42. The van der Waals surface area contributed by atoms with Gasteiger partial charge >= 0.3 is 12.2 Å². The number of hydrogen-bond donors (Lipinski definition) is 4. The highest BCUT2D eigenvalue weighted by molar-refractivity contribution is 6.09. The van der Waals surface area contributed by atoms with E-state index in [0.717, 1.165) is 70.1 Å².